The van der Waals surface area contributed by atoms with Crippen molar-refractivity contribution in [3.05, 3.63) is 58.1 Å². The maximum absolute atomic E-state index is 11.9. The molecule has 0 radical (unpaired) electrons. The Labute approximate surface area is 179 Å². The van der Waals surface area contributed by atoms with Gasteiger partial charge in [-0.2, -0.15) is 0 Å². The van der Waals surface area contributed by atoms with Crippen molar-refractivity contribution in [2.45, 2.75) is 25.7 Å². The molecule has 0 aromatic heterocycles. The predicted octanol–water partition coefficient (Wildman–Crippen LogP) is 4.31. The molecule has 0 heterocycles. The number of hydrogen-bond acceptors (Lipinski definition) is 2. The Balaban J connectivity index is 0.00000243. The van der Waals surface area contributed by atoms with Crippen LogP contribution in [-0.2, 0) is 17.6 Å². The molecule has 0 atom stereocenters. The lowest BCUT2D eigenvalue weighted by Gasteiger charge is -2.08. The van der Waals surface area contributed by atoms with Crippen LogP contribution >= 0.6 is 39.9 Å². The number of nitrogens with zero attached hydrogens (tertiary/aromatic N) is 1. The van der Waals surface area contributed by atoms with Crippen molar-refractivity contribution in [1.29, 1.82) is 0 Å². The van der Waals surface area contributed by atoms with Crippen LogP contribution in [-0.4, -0.2) is 18.4 Å². The monoisotopic (exact) mass is 528 g/mol. The molecular weight excluding hydrogens is 507 g/mol. The Bertz CT molecular complexity index is 793. The molecule has 4 N–H and O–H groups in total. The molecule has 7 heteroatoms. The highest BCUT2D eigenvalue weighted by molar-refractivity contribution is 14.0. The van der Waals surface area contributed by atoms with Crippen molar-refractivity contribution >= 4 is 63.1 Å². The number of nitrogens with two attached hydrogens (primary N) is 1. The minimum atomic E-state index is -0.0867. The molecule has 1 aliphatic carbocycles. The van der Waals surface area contributed by atoms with Gasteiger partial charge in [0.15, 0.2) is 5.96 Å². The number of fused-ring (bicyclic) bond motifs is 1. The number of benzene rings is 2. The highest BCUT2D eigenvalue weighted by Gasteiger charge is 2.10. The molecule has 0 spiro atoms. The third-order valence-corrected chi connectivity index (χ3v) is 4.65. The Hall–Kier alpha value is -1.61. The van der Waals surface area contributed by atoms with Gasteiger partial charge >= 0.3 is 0 Å². The zero-order chi connectivity index (χ0) is 17.6. The number of rotatable bonds is 5. The van der Waals surface area contributed by atoms with Gasteiger partial charge in [-0.3, -0.25) is 9.79 Å². The van der Waals surface area contributed by atoms with E-state index in [2.05, 4.69) is 43.7 Å². The number of carbonyl (C=O) groups excluding carboxylic acids is 1. The zero-order valence-electron chi connectivity index (χ0n) is 14.3. The summed E-state index contributed by atoms with van der Waals surface area (Å²) in [5.74, 6) is 0.241. The summed E-state index contributed by atoms with van der Waals surface area (Å²) in [5.41, 5.74) is 10.4. The second kappa shape index (κ2) is 9.91. The molecule has 3 rings (SSSR count). The van der Waals surface area contributed by atoms with E-state index in [1.165, 1.54) is 17.5 Å². The number of aliphatic imine (C=N–C) groups is 1. The topological polar surface area (TPSA) is 79.5 Å². The highest BCUT2D eigenvalue weighted by Crippen LogP contribution is 2.24. The maximum Gasteiger partial charge on any atom is 0.226 e. The van der Waals surface area contributed by atoms with Gasteiger partial charge in [-0.05, 0) is 66.8 Å². The van der Waals surface area contributed by atoms with Crippen LogP contribution in [0, 0.1) is 0 Å². The largest absolute Gasteiger partial charge is 0.370 e. The van der Waals surface area contributed by atoms with Crippen LogP contribution in [0.4, 0.5) is 11.4 Å². The standard InChI is InChI=1S/C19H21BrN4O.HI/c20-15-5-8-16(9-6-15)23-18(25)10-11-22-19(21)24-17-7-4-13-2-1-3-14(13)12-17;/h4-9,12H,1-3,10-11H2,(H,23,25)(H3,21,22,24);1H. The van der Waals surface area contributed by atoms with Crippen molar-refractivity contribution < 1.29 is 4.79 Å². The van der Waals surface area contributed by atoms with E-state index in [-0.39, 0.29) is 36.3 Å². The van der Waals surface area contributed by atoms with Crippen molar-refractivity contribution in [3.8, 4) is 0 Å². The molecule has 26 heavy (non-hydrogen) atoms. The van der Waals surface area contributed by atoms with Crippen LogP contribution < -0.4 is 16.4 Å². The molecule has 0 aliphatic heterocycles. The first-order valence-corrected chi connectivity index (χ1v) is 9.13. The fraction of sp³-hybridized carbons (Fsp3) is 0.263. The van der Waals surface area contributed by atoms with Crippen molar-refractivity contribution in [1.82, 2.24) is 0 Å². The van der Waals surface area contributed by atoms with E-state index in [0.717, 1.165) is 28.7 Å². The third kappa shape index (κ3) is 5.98. The molecule has 2 aromatic rings. The second-order valence-electron chi connectivity index (χ2n) is 6.03. The number of carbonyl (C=O) groups is 1. The number of nitrogens with one attached hydrogen (secondary N) is 2. The third-order valence-electron chi connectivity index (χ3n) is 4.12. The van der Waals surface area contributed by atoms with Crippen LogP contribution in [0.5, 0.6) is 0 Å². The number of aryl methyl sites for hydroxylation is 2. The summed E-state index contributed by atoms with van der Waals surface area (Å²) in [6, 6.07) is 13.7. The Morgan fingerprint density at radius 3 is 2.50 bits per heavy atom. The first kappa shape index (κ1) is 20.7. The Morgan fingerprint density at radius 2 is 1.73 bits per heavy atom. The number of amides is 1. The SMILES string of the molecule is I.NC(=NCCC(=O)Nc1ccc(Br)cc1)Nc1ccc2c(c1)CCC2. The zero-order valence-corrected chi connectivity index (χ0v) is 18.2. The van der Waals surface area contributed by atoms with E-state index in [1.807, 2.05) is 30.3 Å². The van der Waals surface area contributed by atoms with Gasteiger partial charge in [0.25, 0.3) is 0 Å². The van der Waals surface area contributed by atoms with E-state index in [9.17, 15) is 4.79 Å². The number of hydrogen-bond donors (Lipinski definition) is 3. The Kier molecular flexibility index (Phi) is 7.89. The molecule has 0 unspecified atom stereocenters. The average Bonchev–Trinajstić information content (AvgIpc) is 3.04. The summed E-state index contributed by atoms with van der Waals surface area (Å²) in [5, 5.41) is 5.92. The maximum atomic E-state index is 11.9. The molecule has 1 amide bonds. The summed E-state index contributed by atoms with van der Waals surface area (Å²) in [4.78, 5) is 16.1. The lowest BCUT2D eigenvalue weighted by molar-refractivity contribution is -0.116. The quantitative estimate of drug-likeness (QED) is 0.307. The van der Waals surface area contributed by atoms with Crippen LogP contribution in [0.2, 0.25) is 0 Å². The van der Waals surface area contributed by atoms with Crippen LogP contribution in [0.25, 0.3) is 0 Å². The van der Waals surface area contributed by atoms with Gasteiger partial charge in [0.1, 0.15) is 0 Å². The molecule has 5 nitrogen and oxygen atoms in total. The first-order chi connectivity index (χ1) is 12.1. The predicted molar refractivity (Wildman–Crippen MR) is 121 cm³/mol. The van der Waals surface area contributed by atoms with Gasteiger partial charge < -0.3 is 16.4 Å². The summed E-state index contributed by atoms with van der Waals surface area (Å²) in [6.07, 6.45) is 3.78. The highest BCUT2D eigenvalue weighted by atomic mass is 127. The minimum absolute atomic E-state index is 0. The van der Waals surface area contributed by atoms with E-state index >= 15 is 0 Å². The first-order valence-electron chi connectivity index (χ1n) is 8.34. The molecule has 0 bridgehead atoms. The van der Waals surface area contributed by atoms with E-state index in [0.29, 0.717) is 12.5 Å². The molecule has 0 saturated heterocycles. The molecule has 1 aliphatic rings. The molecule has 0 fully saturated rings. The summed E-state index contributed by atoms with van der Waals surface area (Å²) >= 11 is 3.36. The average molecular weight is 529 g/mol. The van der Waals surface area contributed by atoms with Crippen LogP contribution in [0.1, 0.15) is 24.0 Å². The van der Waals surface area contributed by atoms with Gasteiger partial charge in [-0.25, -0.2) is 0 Å². The molecule has 0 saturated carbocycles. The van der Waals surface area contributed by atoms with Crippen molar-refractivity contribution in [2.24, 2.45) is 10.7 Å². The van der Waals surface area contributed by atoms with Gasteiger partial charge in [0.2, 0.25) is 5.91 Å². The number of anilines is 2. The smallest absolute Gasteiger partial charge is 0.226 e. The second-order valence-corrected chi connectivity index (χ2v) is 6.95. The molecule has 138 valence electrons. The van der Waals surface area contributed by atoms with E-state index < -0.39 is 0 Å². The molecule has 2 aromatic carbocycles. The summed E-state index contributed by atoms with van der Waals surface area (Å²) in [7, 11) is 0. The molecular formula is C19H22BrIN4O. The summed E-state index contributed by atoms with van der Waals surface area (Å²) in [6.45, 7) is 0.339. The van der Waals surface area contributed by atoms with Gasteiger partial charge in [0.05, 0.1) is 6.54 Å². The van der Waals surface area contributed by atoms with Crippen LogP contribution in [0.3, 0.4) is 0 Å². The van der Waals surface area contributed by atoms with E-state index in [4.69, 9.17) is 5.73 Å². The number of halogens is 2. The summed E-state index contributed by atoms with van der Waals surface area (Å²) < 4.78 is 0.973. The van der Waals surface area contributed by atoms with Gasteiger partial charge in [0, 0.05) is 22.3 Å². The lowest BCUT2D eigenvalue weighted by atomic mass is 10.1. The van der Waals surface area contributed by atoms with Crippen molar-refractivity contribution in [3.63, 3.8) is 0 Å². The normalized spacial score (nSPS) is 12.9. The fourth-order valence-electron chi connectivity index (χ4n) is 2.87. The number of guanidine groups is 1. The van der Waals surface area contributed by atoms with Gasteiger partial charge in [-0.1, -0.05) is 22.0 Å². The van der Waals surface area contributed by atoms with E-state index in [1.54, 1.807) is 0 Å². The Morgan fingerprint density at radius 1 is 1.04 bits per heavy atom. The van der Waals surface area contributed by atoms with Gasteiger partial charge in [-0.15, -0.1) is 24.0 Å². The fourth-order valence-corrected chi connectivity index (χ4v) is 3.14. The van der Waals surface area contributed by atoms with Crippen molar-refractivity contribution in [2.75, 3.05) is 17.2 Å². The van der Waals surface area contributed by atoms with Crippen LogP contribution in [0.15, 0.2) is 51.9 Å². The lowest BCUT2D eigenvalue weighted by Crippen LogP contribution is -2.23. The minimum Gasteiger partial charge on any atom is -0.370 e.